The van der Waals surface area contributed by atoms with Crippen LogP contribution in [0.1, 0.15) is 342 Å². The summed E-state index contributed by atoms with van der Waals surface area (Å²) in [6.45, 7) is 6.69. The van der Waals surface area contributed by atoms with Gasteiger partial charge in [-0.05, 0) is 44.9 Å². The Labute approximate surface area is 418 Å². The molecule has 1 atom stereocenters. The number of allylic oxidation sites excluding steroid dienone is 2. The fourth-order valence-corrected chi connectivity index (χ4v) is 9.21. The summed E-state index contributed by atoms with van der Waals surface area (Å²) >= 11 is 0. The SMILES string of the molecule is CCCCCCCCC/C=C\CCCCCCCCCC(=O)OC(COC(=O)CCCCCCCCCCCCCC)COC(=O)CCCCCCCCCCCCCCCCCCCCC. The van der Waals surface area contributed by atoms with Crippen molar-refractivity contribution in [2.45, 2.75) is 348 Å². The molecule has 396 valence electrons. The minimum Gasteiger partial charge on any atom is -0.462 e. The van der Waals surface area contributed by atoms with Crippen molar-refractivity contribution in [3.63, 3.8) is 0 Å². The molecule has 0 aliphatic carbocycles. The van der Waals surface area contributed by atoms with E-state index in [1.165, 1.54) is 244 Å². The summed E-state index contributed by atoms with van der Waals surface area (Å²) in [5.41, 5.74) is 0. The third kappa shape index (κ3) is 55.0. The normalized spacial score (nSPS) is 12.0. The molecule has 0 aromatic rings. The molecular weight excluding hydrogens is 829 g/mol. The average Bonchev–Trinajstić information content (AvgIpc) is 3.33. The Morgan fingerprint density at radius 1 is 0.284 bits per heavy atom. The van der Waals surface area contributed by atoms with E-state index >= 15 is 0 Å². The Morgan fingerprint density at radius 2 is 0.493 bits per heavy atom. The zero-order valence-corrected chi connectivity index (χ0v) is 45.5. The molecule has 0 heterocycles. The van der Waals surface area contributed by atoms with Crippen LogP contribution in [0.5, 0.6) is 0 Å². The van der Waals surface area contributed by atoms with Crippen molar-refractivity contribution in [1.82, 2.24) is 0 Å². The van der Waals surface area contributed by atoms with E-state index in [4.69, 9.17) is 14.2 Å². The summed E-state index contributed by atoms with van der Waals surface area (Å²) < 4.78 is 16.9. The van der Waals surface area contributed by atoms with Crippen molar-refractivity contribution in [2.75, 3.05) is 13.2 Å². The summed E-state index contributed by atoms with van der Waals surface area (Å²) in [7, 11) is 0. The molecule has 0 saturated carbocycles. The molecule has 0 bridgehead atoms. The lowest BCUT2D eigenvalue weighted by Crippen LogP contribution is -2.30. The maximum Gasteiger partial charge on any atom is 0.306 e. The molecule has 0 aliphatic heterocycles. The van der Waals surface area contributed by atoms with Gasteiger partial charge in [0.05, 0.1) is 0 Å². The van der Waals surface area contributed by atoms with Crippen molar-refractivity contribution in [1.29, 1.82) is 0 Å². The smallest absolute Gasteiger partial charge is 0.306 e. The second kappa shape index (κ2) is 56.7. The Kier molecular flexibility index (Phi) is 55.2. The van der Waals surface area contributed by atoms with Crippen molar-refractivity contribution in [2.24, 2.45) is 0 Å². The first kappa shape index (κ1) is 65.1. The van der Waals surface area contributed by atoms with Gasteiger partial charge in [-0.1, -0.05) is 290 Å². The maximum atomic E-state index is 12.9. The lowest BCUT2D eigenvalue weighted by molar-refractivity contribution is -0.167. The van der Waals surface area contributed by atoms with E-state index in [0.29, 0.717) is 19.3 Å². The lowest BCUT2D eigenvalue weighted by Gasteiger charge is -2.18. The van der Waals surface area contributed by atoms with Gasteiger partial charge in [-0.3, -0.25) is 14.4 Å². The van der Waals surface area contributed by atoms with E-state index in [9.17, 15) is 14.4 Å². The molecule has 6 heteroatoms. The van der Waals surface area contributed by atoms with Gasteiger partial charge in [0.25, 0.3) is 0 Å². The highest BCUT2D eigenvalue weighted by atomic mass is 16.6. The molecule has 0 saturated heterocycles. The van der Waals surface area contributed by atoms with Crippen LogP contribution in [0.25, 0.3) is 0 Å². The van der Waals surface area contributed by atoms with Crippen LogP contribution in [-0.2, 0) is 28.6 Å². The quantitative estimate of drug-likeness (QED) is 0.0262. The van der Waals surface area contributed by atoms with Crippen molar-refractivity contribution in [3.05, 3.63) is 12.2 Å². The molecule has 0 radical (unpaired) electrons. The monoisotopic (exact) mass is 945 g/mol. The largest absolute Gasteiger partial charge is 0.462 e. The minimum absolute atomic E-state index is 0.0656. The van der Waals surface area contributed by atoms with Crippen LogP contribution in [0.4, 0.5) is 0 Å². The second-order valence-electron chi connectivity index (χ2n) is 20.6. The standard InChI is InChI=1S/C61H116O6/c1-4-7-10-13-16-19-22-25-27-29-31-33-34-36-39-42-45-48-51-54-60(63)66-57-58(56-65-59(62)53-50-47-44-41-38-24-21-18-15-12-9-6-3)67-61(64)55-52-49-46-43-40-37-35-32-30-28-26-23-20-17-14-11-8-5-2/h28,30,58H,4-27,29,31-57H2,1-3H3/b30-28-. The summed E-state index contributed by atoms with van der Waals surface area (Å²) in [5.74, 6) is -0.844. The van der Waals surface area contributed by atoms with Crippen LogP contribution in [0.3, 0.4) is 0 Å². The van der Waals surface area contributed by atoms with Gasteiger partial charge in [-0.15, -0.1) is 0 Å². The van der Waals surface area contributed by atoms with E-state index in [1.807, 2.05) is 0 Å². The third-order valence-corrected chi connectivity index (χ3v) is 13.8. The van der Waals surface area contributed by atoms with Crippen molar-refractivity contribution >= 4 is 17.9 Å². The predicted molar refractivity (Wildman–Crippen MR) is 289 cm³/mol. The maximum absolute atomic E-state index is 12.9. The molecule has 6 nitrogen and oxygen atoms in total. The van der Waals surface area contributed by atoms with Gasteiger partial charge in [0.15, 0.2) is 6.10 Å². The number of rotatable bonds is 56. The first-order valence-electron chi connectivity index (χ1n) is 30.2. The molecule has 1 unspecified atom stereocenters. The average molecular weight is 946 g/mol. The van der Waals surface area contributed by atoms with Gasteiger partial charge in [0, 0.05) is 19.3 Å². The van der Waals surface area contributed by atoms with E-state index in [0.717, 1.165) is 57.8 Å². The van der Waals surface area contributed by atoms with Gasteiger partial charge in [0.1, 0.15) is 13.2 Å². The number of ether oxygens (including phenoxy) is 3. The van der Waals surface area contributed by atoms with Crippen LogP contribution in [0.2, 0.25) is 0 Å². The molecule has 0 rings (SSSR count). The summed E-state index contributed by atoms with van der Waals surface area (Å²) in [6, 6.07) is 0. The number of carbonyl (C=O) groups excluding carboxylic acids is 3. The first-order chi connectivity index (χ1) is 33.0. The number of unbranched alkanes of at least 4 members (excludes halogenated alkanes) is 43. The van der Waals surface area contributed by atoms with Crippen LogP contribution >= 0.6 is 0 Å². The molecule has 0 aromatic carbocycles. The third-order valence-electron chi connectivity index (χ3n) is 13.8. The van der Waals surface area contributed by atoms with E-state index in [1.54, 1.807) is 0 Å². The summed E-state index contributed by atoms with van der Waals surface area (Å²) in [5, 5.41) is 0. The van der Waals surface area contributed by atoms with Gasteiger partial charge in [-0.2, -0.15) is 0 Å². The fourth-order valence-electron chi connectivity index (χ4n) is 9.21. The fraction of sp³-hybridized carbons (Fsp3) is 0.918. The molecule has 0 fully saturated rings. The first-order valence-corrected chi connectivity index (χ1v) is 30.2. The van der Waals surface area contributed by atoms with E-state index in [-0.39, 0.29) is 31.1 Å². The van der Waals surface area contributed by atoms with E-state index in [2.05, 4.69) is 32.9 Å². The number of hydrogen-bond acceptors (Lipinski definition) is 6. The molecule has 0 N–H and O–H groups in total. The van der Waals surface area contributed by atoms with E-state index < -0.39 is 6.10 Å². The van der Waals surface area contributed by atoms with Crippen LogP contribution in [-0.4, -0.2) is 37.2 Å². The molecule has 0 aliphatic rings. The van der Waals surface area contributed by atoms with Crippen LogP contribution in [0.15, 0.2) is 12.2 Å². The summed E-state index contributed by atoms with van der Waals surface area (Å²) in [6.07, 6.45) is 64.9. The predicted octanol–water partition coefficient (Wildman–Crippen LogP) is 20.1. The van der Waals surface area contributed by atoms with Gasteiger partial charge in [0.2, 0.25) is 0 Å². The Hall–Kier alpha value is -1.85. The Bertz CT molecular complexity index is 1040. The molecule has 0 amide bonds. The van der Waals surface area contributed by atoms with Crippen LogP contribution < -0.4 is 0 Å². The van der Waals surface area contributed by atoms with Gasteiger partial charge < -0.3 is 14.2 Å². The zero-order chi connectivity index (χ0) is 48.6. The number of esters is 3. The van der Waals surface area contributed by atoms with Crippen molar-refractivity contribution in [3.8, 4) is 0 Å². The second-order valence-corrected chi connectivity index (χ2v) is 20.6. The minimum atomic E-state index is -0.767. The highest BCUT2D eigenvalue weighted by Gasteiger charge is 2.19. The molecule has 0 aromatic heterocycles. The highest BCUT2D eigenvalue weighted by Crippen LogP contribution is 2.17. The highest BCUT2D eigenvalue weighted by molar-refractivity contribution is 5.71. The van der Waals surface area contributed by atoms with Crippen molar-refractivity contribution < 1.29 is 28.6 Å². The number of hydrogen-bond donors (Lipinski definition) is 0. The number of carbonyl (C=O) groups is 3. The molecular formula is C61H116O6. The van der Waals surface area contributed by atoms with Crippen LogP contribution in [0, 0.1) is 0 Å². The van der Waals surface area contributed by atoms with Gasteiger partial charge in [-0.25, -0.2) is 0 Å². The summed E-state index contributed by atoms with van der Waals surface area (Å²) in [4.78, 5) is 38.2. The topological polar surface area (TPSA) is 78.9 Å². The molecule has 67 heavy (non-hydrogen) atoms. The molecule has 0 spiro atoms. The zero-order valence-electron chi connectivity index (χ0n) is 45.5. The van der Waals surface area contributed by atoms with Gasteiger partial charge >= 0.3 is 17.9 Å². The Morgan fingerprint density at radius 3 is 0.746 bits per heavy atom. The Balaban J connectivity index is 4.28. The lowest BCUT2D eigenvalue weighted by atomic mass is 10.0.